The van der Waals surface area contributed by atoms with Crippen LogP contribution >= 0.6 is 0 Å². The molecule has 0 radical (unpaired) electrons. The van der Waals surface area contributed by atoms with Gasteiger partial charge in [-0.15, -0.1) is 0 Å². The van der Waals surface area contributed by atoms with E-state index in [-0.39, 0.29) is 17.6 Å². The smallest absolute Gasteiger partial charge is 0.223 e. The Bertz CT molecular complexity index is 330. The standard InChI is InChI=1S/C15H28N2O2/c1-15(2)13(18)8-10-17(15)14(19)7-6-12-5-4-9-16(3)11-12/h12-13,18H,4-11H2,1-3H3. The molecule has 0 aliphatic carbocycles. The van der Waals surface area contributed by atoms with Crippen molar-refractivity contribution in [1.29, 1.82) is 0 Å². The molecule has 2 rings (SSSR count). The van der Waals surface area contributed by atoms with Gasteiger partial charge in [-0.05, 0) is 59.0 Å². The minimum Gasteiger partial charge on any atom is -0.391 e. The third kappa shape index (κ3) is 3.29. The lowest BCUT2D eigenvalue weighted by Crippen LogP contribution is -2.48. The highest BCUT2D eigenvalue weighted by Gasteiger charge is 2.42. The Morgan fingerprint density at radius 3 is 2.63 bits per heavy atom. The van der Waals surface area contributed by atoms with Crippen LogP contribution in [0.25, 0.3) is 0 Å². The molecule has 0 bridgehead atoms. The van der Waals surface area contributed by atoms with Crippen LogP contribution in [0.1, 0.15) is 46.0 Å². The van der Waals surface area contributed by atoms with E-state index in [0.717, 1.165) is 13.0 Å². The fourth-order valence-corrected chi connectivity index (χ4v) is 3.49. The van der Waals surface area contributed by atoms with Crippen LogP contribution in [0.4, 0.5) is 0 Å². The number of hydrogen-bond donors (Lipinski definition) is 1. The topological polar surface area (TPSA) is 43.8 Å². The molecule has 2 fully saturated rings. The van der Waals surface area contributed by atoms with Gasteiger partial charge in [0.15, 0.2) is 0 Å². The van der Waals surface area contributed by atoms with Gasteiger partial charge in [0.05, 0.1) is 11.6 Å². The number of amides is 1. The van der Waals surface area contributed by atoms with E-state index in [1.807, 2.05) is 18.7 Å². The third-order valence-electron chi connectivity index (χ3n) is 4.93. The number of aliphatic hydroxyl groups excluding tert-OH is 1. The normalized spacial score (nSPS) is 31.7. The molecular weight excluding hydrogens is 240 g/mol. The van der Waals surface area contributed by atoms with E-state index in [9.17, 15) is 9.90 Å². The van der Waals surface area contributed by atoms with Gasteiger partial charge >= 0.3 is 0 Å². The summed E-state index contributed by atoms with van der Waals surface area (Å²) < 4.78 is 0. The number of nitrogens with zero attached hydrogens (tertiary/aromatic N) is 2. The summed E-state index contributed by atoms with van der Waals surface area (Å²) in [6, 6.07) is 0. The van der Waals surface area contributed by atoms with Gasteiger partial charge < -0.3 is 14.9 Å². The van der Waals surface area contributed by atoms with Crippen LogP contribution in [0.3, 0.4) is 0 Å². The van der Waals surface area contributed by atoms with Crippen molar-refractivity contribution >= 4 is 5.91 Å². The molecule has 0 aromatic rings. The highest BCUT2D eigenvalue weighted by atomic mass is 16.3. The van der Waals surface area contributed by atoms with Crippen LogP contribution < -0.4 is 0 Å². The van der Waals surface area contributed by atoms with Crippen LogP contribution in [0, 0.1) is 5.92 Å². The van der Waals surface area contributed by atoms with Gasteiger partial charge in [0, 0.05) is 19.5 Å². The minimum absolute atomic E-state index is 0.217. The Morgan fingerprint density at radius 1 is 1.32 bits per heavy atom. The number of aliphatic hydroxyl groups is 1. The van der Waals surface area contributed by atoms with E-state index in [1.165, 1.54) is 19.4 Å². The first-order chi connectivity index (χ1) is 8.91. The number of carbonyl (C=O) groups excluding carboxylic acids is 1. The summed E-state index contributed by atoms with van der Waals surface area (Å²) in [6.45, 7) is 6.96. The van der Waals surface area contributed by atoms with Crippen LogP contribution in [-0.4, -0.2) is 59.1 Å². The van der Waals surface area contributed by atoms with Crippen molar-refractivity contribution in [3.8, 4) is 0 Å². The molecule has 1 amide bonds. The lowest BCUT2D eigenvalue weighted by atomic mass is 9.93. The molecule has 2 atom stereocenters. The summed E-state index contributed by atoms with van der Waals surface area (Å²) in [6.07, 6.45) is 4.47. The molecular formula is C15H28N2O2. The molecule has 2 unspecified atom stereocenters. The van der Waals surface area contributed by atoms with Gasteiger partial charge in [-0.25, -0.2) is 0 Å². The van der Waals surface area contributed by atoms with Crippen molar-refractivity contribution in [1.82, 2.24) is 9.80 Å². The molecule has 1 N–H and O–H groups in total. The van der Waals surface area contributed by atoms with E-state index in [2.05, 4.69) is 11.9 Å². The summed E-state index contributed by atoms with van der Waals surface area (Å²) in [7, 11) is 2.16. The van der Waals surface area contributed by atoms with Gasteiger partial charge in [-0.3, -0.25) is 4.79 Å². The molecule has 4 heteroatoms. The van der Waals surface area contributed by atoms with Crippen molar-refractivity contribution in [3.63, 3.8) is 0 Å². The molecule has 0 spiro atoms. The highest BCUT2D eigenvalue weighted by molar-refractivity contribution is 5.77. The predicted octanol–water partition coefficient (Wildman–Crippen LogP) is 1.48. The Kier molecular flexibility index (Phi) is 4.51. The second-order valence-electron chi connectivity index (χ2n) is 6.81. The largest absolute Gasteiger partial charge is 0.391 e. The fraction of sp³-hybridized carbons (Fsp3) is 0.933. The molecule has 19 heavy (non-hydrogen) atoms. The lowest BCUT2D eigenvalue weighted by Gasteiger charge is -2.35. The first kappa shape index (κ1) is 14.8. The van der Waals surface area contributed by atoms with Gasteiger partial charge in [0.25, 0.3) is 0 Å². The maximum Gasteiger partial charge on any atom is 0.223 e. The maximum absolute atomic E-state index is 12.3. The Labute approximate surface area is 116 Å². The lowest BCUT2D eigenvalue weighted by molar-refractivity contribution is -0.136. The van der Waals surface area contributed by atoms with Crippen LogP contribution in [0.5, 0.6) is 0 Å². The Hall–Kier alpha value is -0.610. The molecule has 0 aromatic carbocycles. The van der Waals surface area contributed by atoms with Crippen LogP contribution in [0.2, 0.25) is 0 Å². The summed E-state index contributed by atoms with van der Waals surface area (Å²) >= 11 is 0. The monoisotopic (exact) mass is 268 g/mol. The molecule has 110 valence electrons. The zero-order valence-corrected chi connectivity index (χ0v) is 12.6. The number of likely N-dealkylation sites (tertiary alicyclic amines) is 2. The Morgan fingerprint density at radius 2 is 2.05 bits per heavy atom. The molecule has 0 saturated carbocycles. The van der Waals surface area contributed by atoms with E-state index >= 15 is 0 Å². The number of piperidine rings is 1. The maximum atomic E-state index is 12.3. The van der Waals surface area contributed by atoms with Gasteiger partial charge in [0.2, 0.25) is 5.91 Å². The summed E-state index contributed by atoms with van der Waals surface area (Å²) in [5, 5.41) is 9.93. The third-order valence-corrected chi connectivity index (χ3v) is 4.93. The number of hydrogen-bond acceptors (Lipinski definition) is 3. The van der Waals surface area contributed by atoms with Crippen molar-refractivity contribution in [2.75, 3.05) is 26.7 Å². The van der Waals surface area contributed by atoms with Gasteiger partial charge in [-0.2, -0.15) is 0 Å². The van der Waals surface area contributed by atoms with E-state index in [0.29, 0.717) is 25.3 Å². The van der Waals surface area contributed by atoms with Crippen LogP contribution in [0.15, 0.2) is 0 Å². The Balaban J connectivity index is 1.81. The van der Waals surface area contributed by atoms with Crippen molar-refractivity contribution in [2.45, 2.75) is 57.6 Å². The first-order valence-corrected chi connectivity index (χ1v) is 7.58. The van der Waals surface area contributed by atoms with Crippen molar-refractivity contribution < 1.29 is 9.90 Å². The minimum atomic E-state index is -0.388. The zero-order valence-electron chi connectivity index (χ0n) is 12.6. The summed E-state index contributed by atoms with van der Waals surface area (Å²) in [4.78, 5) is 16.6. The van der Waals surface area contributed by atoms with Crippen molar-refractivity contribution in [3.05, 3.63) is 0 Å². The van der Waals surface area contributed by atoms with Crippen LogP contribution in [-0.2, 0) is 4.79 Å². The second kappa shape index (κ2) is 5.80. The molecule has 4 nitrogen and oxygen atoms in total. The second-order valence-corrected chi connectivity index (χ2v) is 6.81. The summed E-state index contributed by atoms with van der Waals surface area (Å²) in [5.74, 6) is 0.883. The zero-order chi connectivity index (χ0) is 14.0. The molecule has 2 aliphatic heterocycles. The number of carbonyl (C=O) groups is 1. The molecule has 0 aromatic heterocycles. The first-order valence-electron chi connectivity index (χ1n) is 7.58. The summed E-state index contributed by atoms with van der Waals surface area (Å²) in [5.41, 5.74) is -0.388. The van der Waals surface area contributed by atoms with E-state index < -0.39 is 0 Å². The number of rotatable bonds is 3. The van der Waals surface area contributed by atoms with Crippen molar-refractivity contribution in [2.24, 2.45) is 5.92 Å². The molecule has 2 heterocycles. The average Bonchev–Trinajstić information content (AvgIpc) is 2.61. The SMILES string of the molecule is CN1CCCC(CCC(=O)N2CCC(O)C2(C)C)C1. The van der Waals surface area contributed by atoms with Gasteiger partial charge in [-0.1, -0.05) is 0 Å². The molecule has 2 aliphatic rings. The van der Waals surface area contributed by atoms with E-state index in [1.54, 1.807) is 0 Å². The molecule has 2 saturated heterocycles. The predicted molar refractivity (Wildman–Crippen MR) is 75.9 cm³/mol. The average molecular weight is 268 g/mol. The van der Waals surface area contributed by atoms with Gasteiger partial charge in [0.1, 0.15) is 0 Å². The fourth-order valence-electron chi connectivity index (χ4n) is 3.49. The van der Waals surface area contributed by atoms with E-state index in [4.69, 9.17) is 0 Å². The highest BCUT2D eigenvalue weighted by Crippen LogP contribution is 2.30. The quantitative estimate of drug-likeness (QED) is 0.843.